The maximum atomic E-state index is 6.37. The first-order valence-corrected chi connectivity index (χ1v) is 5.86. The van der Waals surface area contributed by atoms with Gasteiger partial charge in [0.2, 0.25) is 0 Å². The molecule has 1 aromatic heterocycles. The summed E-state index contributed by atoms with van der Waals surface area (Å²) in [6, 6.07) is 10.1. The molecule has 1 heterocycles. The molecule has 0 aliphatic rings. The summed E-state index contributed by atoms with van der Waals surface area (Å²) < 4.78 is 0. The molecule has 92 valence electrons. The number of halogens is 2. The highest BCUT2D eigenvalue weighted by Crippen LogP contribution is 2.33. The standard InChI is InChI=1S/C13H15ClN2.ClH/c1-9(2)11(14)13-12(15-8-16-13)10-6-4-3-5-7-10;/h3-9,11H,1-2H3,(H,15,16);1H. The lowest BCUT2D eigenvalue weighted by Gasteiger charge is -2.13. The second-order valence-electron chi connectivity index (χ2n) is 4.18. The molecule has 1 aromatic carbocycles. The molecule has 2 aromatic rings. The minimum absolute atomic E-state index is 0. The Morgan fingerprint density at radius 3 is 2.41 bits per heavy atom. The van der Waals surface area contributed by atoms with Gasteiger partial charge in [0.25, 0.3) is 0 Å². The van der Waals surface area contributed by atoms with Gasteiger partial charge in [-0.05, 0) is 5.92 Å². The summed E-state index contributed by atoms with van der Waals surface area (Å²) in [6.07, 6.45) is 1.70. The number of aromatic amines is 1. The van der Waals surface area contributed by atoms with E-state index < -0.39 is 0 Å². The van der Waals surface area contributed by atoms with Gasteiger partial charge in [0.05, 0.1) is 23.1 Å². The second-order valence-corrected chi connectivity index (χ2v) is 4.65. The van der Waals surface area contributed by atoms with Crippen molar-refractivity contribution in [2.24, 2.45) is 5.92 Å². The number of rotatable bonds is 3. The predicted molar refractivity (Wildman–Crippen MR) is 74.7 cm³/mol. The minimum Gasteiger partial charge on any atom is -0.347 e. The van der Waals surface area contributed by atoms with Gasteiger partial charge in [0.15, 0.2) is 0 Å². The summed E-state index contributed by atoms with van der Waals surface area (Å²) >= 11 is 6.37. The molecule has 0 fully saturated rings. The minimum atomic E-state index is -0.0299. The van der Waals surface area contributed by atoms with Crippen molar-refractivity contribution in [2.75, 3.05) is 0 Å². The van der Waals surface area contributed by atoms with Crippen molar-refractivity contribution in [3.63, 3.8) is 0 Å². The van der Waals surface area contributed by atoms with E-state index in [1.54, 1.807) is 6.33 Å². The number of hydrogen-bond donors (Lipinski definition) is 1. The van der Waals surface area contributed by atoms with Gasteiger partial charge in [0.1, 0.15) is 0 Å². The van der Waals surface area contributed by atoms with Crippen molar-refractivity contribution in [2.45, 2.75) is 19.2 Å². The summed E-state index contributed by atoms with van der Waals surface area (Å²) in [5.41, 5.74) is 3.06. The van der Waals surface area contributed by atoms with Gasteiger partial charge in [-0.3, -0.25) is 0 Å². The van der Waals surface area contributed by atoms with Gasteiger partial charge in [-0.1, -0.05) is 44.2 Å². The van der Waals surface area contributed by atoms with E-state index in [0.29, 0.717) is 5.92 Å². The van der Waals surface area contributed by atoms with E-state index in [1.165, 1.54) is 0 Å². The maximum absolute atomic E-state index is 6.37. The van der Waals surface area contributed by atoms with Crippen LogP contribution in [0.5, 0.6) is 0 Å². The van der Waals surface area contributed by atoms with Crippen LogP contribution in [-0.4, -0.2) is 9.97 Å². The van der Waals surface area contributed by atoms with Crippen molar-refractivity contribution in [3.8, 4) is 11.3 Å². The van der Waals surface area contributed by atoms with Crippen LogP contribution in [0.3, 0.4) is 0 Å². The number of benzene rings is 1. The predicted octanol–water partition coefficient (Wildman–Crippen LogP) is 4.43. The summed E-state index contributed by atoms with van der Waals surface area (Å²) in [5.74, 6) is 0.379. The Bertz CT molecular complexity index is 451. The van der Waals surface area contributed by atoms with Crippen LogP contribution in [0.15, 0.2) is 36.7 Å². The zero-order valence-electron chi connectivity index (χ0n) is 9.85. The van der Waals surface area contributed by atoms with Crippen molar-refractivity contribution >= 4 is 24.0 Å². The summed E-state index contributed by atoms with van der Waals surface area (Å²) in [5, 5.41) is -0.0299. The van der Waals surface area contributed by atoms with Crippen molar-refractivity contribution in [1.29, 1.82) is 0 Å². The van der Waals surface area contributed by atoms with Crippen LogP contribution in [0.25, 0.3) is 11.3 Å². The lowest BCUT2D eigenvalue weighted by molar-refractivity contribution is 0.615. The Labute approximate surface area is 113 Å². The third kappa shape index (κ3) is 3.02. The van der Waals surface area contributed by atoms with E-state index in [1.807, 2.05) is 30.3 Å². The Kier molecular flexibility index (Phi) is 5.03. The highest BCUT2D eigenvalue weighted by Gasteiger charge is 2.19. The molecule has 0 saturated heterocycles. The van der Waals surface area contributed by atoms with Crippen LogP contribution in [-0.2, 0) is 0 Å². The van der Waals surface area contributed by atoms with Gasteiger partial charge >= 0.3 is 0 Å². The Hall–Kier alpha value is -0.990. The molecular weight excluding hydrogens is 255 g/mol. The number of imidazole rings is 1. The number of hydrogen-bond acceptors (Lipinski definition) is 1. The molecule has 0 radical (unpaired) electrons. The Balaban J connectivity index is 0.00000144. The highest BCUT2D eigenvalue weighted by atomic mass is 35.5. The van der Waals surface area contributed by atoms with E-state index in [2.05, 4.69) is 23.8 Å². The number of aromatic nitrogens is 2. The molecule has 4 heteroatoms. The molecule has 0 amide bonds. The van der Waals surface area contributed by atoms with Gasteiger partial charge in [-0.15, -0.1) is 24.0 Å². The zero-order valence-corrected chi connectivity index (χ0v) is 11.4. The fourth-order valence-corrected chi connectivity index (χ4v) is 1.84. The van der Waals surface area contributed by atoms with Crippen LogP contribution in [0.1, 0.15) is 24.9 Å². The van der Waals surface area contributed by atoms with Gasteiger partial charge < -0.3 is 4.98 Å². The lowest BCUT2D eigenvalue weighted by Crippen LogP contribution is -2.01. The van der Waals surface area contributed by atoms with Crippen molar-refractivity contribution in [3.05, 3.63) is 42.4 Å². The van der Waals surface area contributed by atoms with Crippen LogP contribution >= 0.6 is 24.0 Å². The second kappa shape index (κ2) is 6.08. The normalized spacial score (nSPS) is 12.2. The van der Waals surface area contributed by atoms with E-state index in [0.717, 1.165) is 17.0 Å². The van der Waals surface area contributed by atoms with E-state index >= 15 is 0 Å². The fraction of sp³-hybridized carbons (Fsp3) is 0.308. The average molecular weight is 271 g/mol. The molecule has 1 atom stereocenters. The summed E-state index contributed by atoms with van der Waals surface area (Å²) in [4.78, 5) is 7.49. The molecular formula is C13H16Cl2N2. The molecule has 2 nitrogen and oxygen atoms in total. The molecule has 2 rings (SSSR count). The fourth-order valence-electron chi connectivity index (χ4n) is 1.67. The first kappa shape index (κ1) is 14.1. The summed E-state index contributed by atoms with van der Waals surface area (Å²) in [7, 11) is 0. The topological polar surface area (TPSA) is 28.7 Å². The first-order chi connectivity index (χ1) is 7.70. The molecule has 1 unspecified atom stereocenters. The Morgan fingerprint density at radius 2 is 1.82 bits per heavy atom. The van der Waals surface area contributed by atoms with Crippen molar-refractivity contribution in [1.82, 2.24) is 9.97 Å². The van der Waals surface area contributed by atoms with Crippen LogP contribution < -0.4 is 0 Å². The van der Waals surface area contributed by atoms with E-state index in [4.69, 9.17) is 11.6 Å². The van der Waals surface area contributed by atoms with Crippen LogP contribution in [0.4, 0.5) is 0 Å². The monoisotopic (exact) mass is 270 g/mol. The van der Waals surface area contributed by atoms with Gasteiger partial charge in [0, 0.05) is 5.56 Å². The van der Waals surface area contributed by atoms with E-state index in [-0.39, 0.29) is 17.8 Å². The highest BCUT2D eigenvalue weighted by molar-refractivity contribution is 6.21. The Morgan fingerprint density at radius 1 is 1.18 bits per heavy atom. The quantitative estimate of drug-likeness (QED) is 0.822. The largest absolute Gasteiger partial charge is 0.347 e. The number of nitrogens with zero attached hydrogens (tertiary/aromatic N) is 1. The average Bonchev–Trinajstić information content (AvgIpc) is 2.77. The molecule has 0 aliphatic carbocycles. The molecule has 17 heavy (non-hydrogen) atoms. The third-order valence-electron chi connectivity index (χ3n) is 2.58. The third-order valence-corrected chi connectivity index (χ3v) is 3.30. The zero-order chi connectivity index (χ0) is 11.5. The van der Waals surface area contributed by atoms with Crippen LogP contribution in [0.2, 0.25) is 0 Å². The molecule has 0 aliphatic heterocycles. The maximum Gasteiger partial charge on any atom is 0.0929 e. The SMILES string of the molecule is CC(C)C(Cl)c1[nH]cnc1-c1ccccc1.Cl. The van der Waals surface area contributed by atoms with Gasteiger partial charge in [-0.25, -0.2) is 4.98 Å². The summed E-state index contributed by atoms with van der Waals surface area (Å²) in [6.45, 7) is 4.21. The lowest BCUT2D eigenvalue weighted by atomic mass is 10.0. The van der Waals surface area contributed by atoms with Gasteiger partial charge in [-0.2, -0.15) is 0 Å². The number of alkyl halides is 1. The molecule has 0 bridgehead atoms. The number of H-pyrrole nitrogens is 1. The van der Waals surface area contributed by atoms with Crippen LogP contribution in [0, 0.1) is 5.92 Å². The van der Waals surface area contributed by atoms with Crippen molar-refractivity contribution < 1.29 is 0 Å². The van der Waals surface area contributed by atoms with E-state index in [9.17, 15) is 0 Å². The smallest absolute Gasteiger partial charge is 0.0929 e. The number of nitrogens with one attached hydrogen (secondary N) is 1. The molecule has 0 spiro atoms. The molecule has 0 saturated carbocycles. The first-order valence-electron chi connectivity index (χ1n) is 5.43. The molecule has 1 N–H and O–H groups in total.